The minimum atomic E-state index is -4.46. The van der Waals surface area contributed by atoms with E-state index in [-0.39, 0.29) is 16.5 Å². The summed E-state index contributed by atoms with van der Waals surface area (Å²) in [5.74, 6) is 0.173. The van der Waals surface area contributed by atoms with Crippen LogP contribution >= 0.6 is 11.6 Å². The maximum absolute atomic E-state index is 11.3. The summed E-state index contributed by atoms with van der Waals surface area (Å²) < 4.78 is 31.9. The number of aryl methyl sites for hydroxylation is 1. The highest BCUT2D eigenvalue weighted by Gasteiger charge is 2.22. The molecule has 0 bridgehead atoms. The van der Waals surface area contributed by atoms with Gasteiger partial charge in [0.2, 0.25) is 0 Å². The van der Waals surface area contributed by atoms with Crippen molar-refractivity contribution >= 4 is 21.7 Å². The Morgan fingerprint density at radius 3 is 2.33 bits per heavy atom. The lowest BCUT2D eigenvalue weighted by Gasteiger charge is -2.08. The largest absolute Gasteiger partial charge is 0.312 e. The molecule has 0 aliphatic rings. The van der Waals surface area contributed by atoms with Crippen LogP contribution in [0.3, 0.4) is 0 Å². The van der Waals surface area contributed by atoms with Gasteiger partial charge >= 0.3 is 10.1 Å². The molecule has 1 aromatic heterocycles. The first-order valence-electron chi connectivity index (χ1n) is 4.96. The van der Waals surface area contributed by atoms with Crippen molar-refractivity contribution < 1.29 is 13.0 Å². The zero-order valence-electron chi connectivity index (χ0n) is 9.33. The van der Waals surface area contributed by atoms with Gasteiger partial charge in [-0.1, -0.05) is 41.9 Å². The van der Waals surface area contributed by atoms with E-state index in [2.05, 4.69) is 9.97 Å². The molecule has 0 aliphatic carbocycles. The molecule has 0 spiro atoms. The van der Waals surface area contributed by atoms with Crippen molar-refractivity contribution in [2.24, 2.45) is 0 Å². The molecule has 1 N–H and O–H groups in total. The molecule has 0 radical (unpaired) electrons. The predicted molar refractivity (Wildman–Crippen MR) is 67.0 cm³/mol. The van der Waals surface area contributed by atoms with Crippen molar-refractivity contribution in [2.75, 3.05) is 0 Å². The van der Waals surface area contributed by atoms with Crippen LogP contribution in [0.5, 0.6) is 0 Å². The van der Waals surface area contributed by atoms with Crippen LogP contribution in [-0.4, -0.2) is 22.9 Å². The number of benzene rings is 1. The van der Waals surface area contributed by atoms with Crippen LogP contribution in [0.4, 0.5) is 0 Å². The Morgan fingerprint density at radius 2 is 1.78 bits per heavy atom. The number of halogens is 1. The van der Waals surface area contributed by atoms with Crippen LogP contribution in [0.1, 0.15) is 5.82 Å². The number of aromatic nitrogens is 2. The third kappa shape index (κ3) is 2.50. The van der Waals surface area contributed by atoms with Crippen LogP contribution in [0.25, 0.3) is 11.1 Å². The lowest BCUT2D eigenvalue weighted by atomic mass is 10.1. The quantitative estimate of drug-likeness (QED) is 0.676. The molecule has 1 aromatic carbocycles. The smallest absolute Gasteiger partial charge is 0.281 e. The van der Waals surface area contributed by atoms with Gasteiger partial charge in [0.05, 0.1) is 5.56 Å². The average Bonchev–Trinajstić information content (AvgIpc) is 2.28. The fourth-order valence-electron chi connectivity index (χ4n) is 1.55. The van der Waals surface area contributed by atoms with E-state index in [1.165, 1.54) is 6.92 Å². The molecular formula is C11H9ClN2O3S. The number of hydrogen-bond acceptors (Lipinski definition) is 4. The second kappa shape index (κ2) is 4.64. The van der Waals surface area contributed by atoms with E-state index in [1.54, 1.807) is 30.3 Å². The number of nitrogens with zero attached hydrogens (tertiary/aromatic N) is 2. The summed E-state index contributed by atoms with van der Waals surface area (Å²) in [4.78, 5) is 7.65. The molecule has 18 heavy (non-hydrogen) atoms. The van der Waals surface area contributed by atoms with Gasteiger partial charge in [-0.2, -0.15) is 8.42 Å². The van der Waals surface area contributed by atoms with Gasteiger partial charge in [-0.15, -0.1) is 0 Å². The van der Waals surface area contributed by atoms with Crippen molar-refractivity contribution in [3.63, 3.8) is 0 Å². The summed E-state index contributed by atoms with van der Waals surface area (Å²) in [7, 11) is -4.46. The third-order valence-electron chi connectivity index (χ3n) is 2.25. The molecule has 0 atom stereocenters. The molecule has 7 heteroatoms. The maximum Gasteiger partial charge on any atom is 0.312 e. The molecule has 0 fully saturated rings. The Hall–Kier alpha value is -1.50. The summed E-state index contributed by atoms with van der Waals surface area (Å²) in [6, 6.07) is 8.54. The van der Waals surface area contributed by atoms with Gasteiger partial charge in [-0.25, -0.2) is 9.97 Å². The van der Waals surface area contributed by atoms with Crippen LogP contribution in [-0.2, 0) is 10.1 Å². The Morgan fingerprint density at radius 1 is 1.17 bits per heavy atom. The first-order chi connectivity index (χ1) is 8.39. The van der Waals surface area contributed by atoms with Crippen molar-refractivity contribution in [1.82, 2.24) is 9.97 Å². The summed E-state index contributed by atoms with van der Waals surface area (Å²) in [5, 5.41) is -0.493. The summed E-state index contributed by atoms with van der Waals surface area (Å²) in [6.45, 7) is 1.50. The summed E-state index contributed by atoms with van der Waals surface area (Å²) in [6.07, 6.45) is 0. The highest BCUT2D eigenvalue weighted by molar-refractivity contribution is 7.85. The zero-order valence-corrected chi connectivity index (χ0v) is 10.9. The van der Waals surface area contributed by atoms with E-state index in [0.29, 0.717) is 5.56 Å². The lowest BCUT2D eigenvalue weighted by Crippen LogP contribution is -2.07. The van der Waals surface area contributed by atoms with Crippen LogP contribution < -0.4 is 0 Å². The molecule has 0 saturated heterocycles. The van der Waals surface area contributed by atoms with Gasteiger partial charge < -0.3 is 0 Å². The van der Waals surface area contributed by atoms with Crippen molar-refractivity contribution in [1.29, 1.82) is 0 Å². The van der Waals surface area contributed by atoms with Gasteiger partial charge in [0.1, 0.15) is 11.0 Å². The second-order valence-electron chi connectivity index (χ2n) is 3.58. The Kier molecular flexibility index (Phi) is 3.34. The molecule has 94 valence electrons. The van der Waals surface area contributed by atoms with E-state index in [4.69, 9.17) is 11.6 Å². The zero-order chi connectivity index (χ0) is 13.3. The molecule has 0 aliphatic heterocycles. The molecule has 5 nitrogen and oxygen atoms in total. The topological polar surface area (TPSA) is 80.2 Å². The van der Waals surface area contributed by atoms with Gasteiger partial charge in [0.25, 0.3) is 0 Å². The van der Waals surface area contributed by atoms with E-state index < -0.39 is 15.1 Å². The molecule has 2 aromatic rings. The first kappa shape index (κ1) is 12.9. The molecule has 1 heterocycles. The van der Waals surface area contributed by atoms with Crippen molar-refractivity contribution in [2.45, 2.75) is 11.9 Å². The Balaban J connectivity index is 2.82. The fraction of sp³-hybridized carbons (Fsp3) is 0.0909. The lowest BCUT2D eigenvalue weighted by molar-refractivity contribution is 0.479. The Bertz CT molecular complexity index is 687. The standard InChI is InChI=1S/C11H9ClN2O3S/c1-7-13-10(12)9(8-5-3-2-4-6-8)11(14-7)18(15,16)17/h2-6H,1H3,(H,15,16,17). The van der Waals surface area contributed by atoms with Gasteiger partial charge in [0, 0.05) is 0 Å². The molecule has 2 rings (SSSR count). The third-order valence-corrected chi connectivity index (χ3v) is 3.31. The van der Waals surface area contributed by atoms with E-state index >= 15 is 0 Å². The van der Waals surface area contributed by atoms with Gasteiger partial charge in [-0.05, 0) is 12.5 Å². The first-order valence-corrected chi connectivity index (χ1v) is 6.78. The van der Waals surface area contributed by atoms with Crippen LogP contribution in [0, 0.1) is 6.92 Å². The normalized spacial score (nSPS) is 11.5. The minimum Gasteiger partial charge on any atom is -0.281 e. The van der Waals surface area contributed by atoms with Crippen molar-refractivity contribution in [3.8, 4) is 11.1 Å². The fourth-order valence-corrected chi connectivity index (χ4v) is 2.65. The summed E-state index contributed by atoms with van der Waals surface area (Å²) >= 11 is 5.95. The SMILES string of the molecule is Cc1nc(Cl)c(-c2ccccc2)c(S(=O)(=O)O)n1. The average molecular weight is 285 g/mol. The van der Waals surface area contributed by atoms with Crippen molar-refractivity contribution in [3.05, 3.63) is 41.3 Å². The molecule has 0 amide bonds. The molecule has 0 unspecified atom stereocenters. The highest BCUT2D eigenvalue weighted by Crippen LogP contribution is 2.31. The van der Waals surface area contributed by atoms with E-state index in [1.807, 2.05) is 0 Å². The molecular weight excluding hydrogens is 276 g/mol. The monoisotopic (exact) mass is 284 g/mol. The minimum absolute atomic E-state index is 0.0127. The number of hydrogen-bond donors (Lipinski definition) is 1. The molecule has 0 saturated carbocycles. The predicted octanol–water partition coefficient (Wildman–Crippen LogP) is 2.35. The second-order valence-corrected chi connectivity index (χ2v) is 5.28. The van der Waals surface area contributed by atoms with Gasteiger partial charge in [0.15, 0.2) is 5.03 Å². The van der Waals surface area contributed by atoms with Crippen LogP contribution in [0.15, 0.2) is 35.4 Å². The van der Waals surface area contributed by atoms with E-state index in [0.717, 1.165) is 0 Å². The maximum atomic E-state index is 11.3. The van der Waals surface area contributed by atoms with E-state index in [9.17, 15) is 13.0 Å². The van der Waals surface area contributed by atoms with Gasteiger partial charge in [-0.3, -0.25) is 4.55 Å². The summed E-state index contributed by atoms with van der Waals surface area (Å²) in [5.41, 5.74) is 0.625. The Labute approximate surface area is 109 Å². The number of rotatable bonds is 2. The van der Waals surface area contributed by atoms with Crippen LogP contribution in [0.2, 0.25) is 5.15 Å². The highest BCUT2D eigenvalue weighted by atomic mass is 35.5.